The molecule has 1 aromatic carbocycles. The van der Waals surface area contributed by atoms with E-state index in [9.17, 15) is 17.6 Å². The lowest BCUT2D eigenvalue weighted by atomic mass is 10.2. The van der Waals surface area contributed by atoms with E-state index < -0.39 is 27.5 Å². The third kappa shape index (κ3) is 3.84. The predicted molar refractivity (Wildman–Crippen MR) is 73.3 cm³/mol. The molecular weight excluding hydrogens is 303 g/mol. The maximum atomic E-state index is 12.7. The van der Waals surface area contributed by atoms with Crippen LogP contribution in [-0.4, -0.2) is 19.3 Å². The number of sulfonamides is 1. The SMILES string of the molecule is Cc1ncc(C(=O)NS(=O)(=O)Cc2ccc(F)cc2)s1. The van der Waals surface area contributed by atoms with Crippen molar-refractivity contribution in [2.45, 2.75) is 12.7 Å². The molecule has 0 aliphatic rings. The molecule has 0 atom stereocenters. The molecule has 0 radical (unpaired) electrons. The van der Waals surface area contributed by atoms with Crippen molar-refractivity contribution in [3.63, 3.8) is 0 Å². The van der Waals surface area contributed by atoms with Crippen molar-refractivity contribution in [2.75, 3.05) is 0 Å². The molecule has 8 heteroatoms. The largest absolute Gasteiger partial charge is 0.276 e. The van der Waals surface area contributed by atoms with E-state index in [-0.39, 0.29) is 4.88 Å². The number of carbonyl (C=O) groups excluding carboxylic acids is 1. The van der Waals surface area contributed by atoms with Crippen molar-refractivity contribution in [1.82, 2.24) is 9.71 Å². The van der Waals surface area contributed by atoms with Crippen LogP contribution in [0.3, 0.4) is 0 Å². The topological polar surface area (TPSA) is 76.1 Å². The van der Waals surface area contributed by atoms with Crippen LogP contribution in [-0.2, 0) is 15.8 Å². The second-order valence-electron chi connectivity index (χ2n) is 4.06. The molecule has 0 spiro atoms. The minimum atomic E-state index is -3.83. The highest BCUT2D eigenvalue weighted by molar-refractivity contribution is 7.89. The Hall–Kier alpha value is -1.80. The zero-order valence-corrected chi connectivity index (χ0v) is 12.1. The Morgan fingerprint density at radius 1 is 1.35 bits per heavy atom. The Labute approximate surface area is 119 Å². The molecule has 0 saturated carbocycles. The smallest absolute Gasteiger partial charge is 0.267 e. The molecule has 1 amide bonds. The first-order chi connectivity index (χ1) is 9.35. The van der Waals surface area contributed by atoms with E-state index in [4.69, 9.17) is 0 Å². The Bertz CT molecular complexity index is 723. The second kappa shape index (κ2) is 5.68. The maximum absolute atomic E-state index is 12.7. The molecule has 0 aliphatic carbocycles. The van der Waals surface area contributed by atoms with Gasteiger partial charge in [-0.05, 0) is 24.6 Å². The summed E-state index contributed by atoms with van der Waals surface area (Å²) in [6, 6.07) is 5.05. The molecule has 0 fully saturated rings. The summed E-state index contributed by atoms with van der Waals surface area (Å²) in [4.78, 5) is 15.8. The van der Waals surface area contributed by atoms with Gasteiger partial charge < -0.3 is 0 Å². The van der Waals surface area contributed by atoms with E-state index in [1.54, 1.807) is 6.92 Å². The summed E-state index contributed by atoms with van der Waals surface area (Å²) < 4.78 is 38.4. The van der Waals surface area contributed by atoms with Crippen LogP contribution in [0.5, 0.6) is 0 Å². The van der Waals surface area contributed by atoms with Gasteiger partial charge in [0.1, 0.15) is 10.7 Å². The molecule has 20 heavy (non-hydrogen) atoms. The monoisotopic (exact) mass is 314 g/mol. The second-order valence-corrected chi connectivity index (χ2v) is 7.02. The van der Waals surface area contributed by atoms with Crippen LogP contribution >= 0.6 is 11.3 Å². The lowest BCUT2D eigenvalue weighted by Gasteiger charge is -2.05. The van der Waals surface area contributed by atoms with E-state index in [0.29, 0.717) is 10.6 Å². The molecule has 0 bridgehead atoms. The first-order valence-electron chi connectivity index (χ1n) is 5.57. The minimum Gasteiger partial charge on any atom is -0.267 e. The molecular formula is C12H11FN2O3S2. The molecule has 106 valence electrons. The quantitative estimate of drug-likeness (QED) is 0.934. The highest BCUT2D eigenvalue weighted by atomic mass is 32.2. The summed E-state index contributed by atoms with van der Waals surface area (Å²) in [7, 11) is -3.83. The zero-order chi connectivity index (χ0) is 14.8. The van der Waals surface area contributed by atoms with Crippen molar-refractivity contribution >= 4 is 27.3 Å². The normalized spacial score (nSPS) is 11.3. The molecule has 2 rings (SSSR count). The number of hydrogen-bond donors (Lipinski definition) is 1. The fourth-order valence-corrected chi connectivity index (χ4v) is 3.33. The Morgan fingerprint density at radius 3 is 2.55 bits per heavy atom. The van der Waals surface area contributed by atoms with Crippen molar-refractivity contribution in [3.8, 4) is 0 Å². The summed E-state index contributed by atoms with van der Waals surface area (Å²) >= 11 is 1.11. The van der Waals surface area contributed by atoms with Crippen molar-refractivity contribution in [3.05, 3.63) is 51.7 Å². The molecule has 1 aromatic heterocycles. The summed E-state index contributed by atoms with van der Waals surface area (Å²) in [6.07, 6.45) is 1.32. The van der Waals surface area contributed by atoms with E-state index in [1.165, 1.54) is 30.5 Å². The molecule has 5 nitrogen and oxygen atoms in total. The molecule has 0 saturated heterocycles. The number of amides is 1. The van der Waals surface area contributed by atoms with Gasteiger partial charge in [-0.15, -0.1) is 11.3 Å². The van der Waals surface area contributed by atoms with E-state index >= 15 is 0 Å². The van der Waals surface area contributed by atoms with Gasteiger partial charge in [0.15, 0.2) is 0 Å². The average molecular weight is 314 g/mol. The maximum Gasteiger partial charge on any atom is 0.276 e. The van der Waals surface area contributed by atoms with Crippen LogP contribution in [0.25, 0.3) is 0 Å². The molecule has 1 heterocycles. The van der Waals surface area contributed by atoms with Crippen LogP contribution < -0.4 is 4.72 Å². The first kappa shape index (κ1) is 14.6. The number of aromatic nitrogens is 1. The highest BCUT2D eigenvalue weighted by Gasteiger charge is 2.18. The van der Waals surface area contributed by atoms with Gasteiger partial charge >= 0.3 is 0 Å². The van der Waals surface area contributed by atoms with Gasteiger partial charge in [0.2, 0.25) is 10.0 Å². The van der Waals surface area contributed by atoms with Crippen LogP contribution in [0.1, 0.15) is 20.2 Å². The number of aryl methyl sites for hydroxylation is 1. The van der Waals surface area contributed by atoms with Crippen molar-refractivity contribution in [1.29, 1.82) is 0 Å². The van der Waals surface area contributed by atoms with Gasteiger partial charge in [-0.2, -0.15) is 0 Å². The van der Waals surface area contributed by atoms with Crippen LogP contribution in [0.2, 0.25) is 0 Å². The molecule has 1 N–H and O–H groups in total. The minimum absolute atomic E-state index is 0.227. The summed E-state index contributed by atoms with van der Waals surface area (Å²) in [6.45, 7) is 1.72. The number of nitrogens with zero attached hydrogens (tertiary/aromatic N) is 1. The zero-order valence-electron chi connectivity index (χ0n) is 10.5. The lowest BCUT2D eigenvalue weighted by molar-refractivity contribution is 0.0985. The van der Waals surface area contributed by atoms with Crippen LogP contribution in [0.15, 0.2) is 30.5 Å². The number of benzene rings is 1. The van der Waals surface area contributed by atoms with Gasteiger partial charge in [-0.3, -0.25) is 4.79 Å². The third-order valence-electron chi connectivity index (χ3n) is 2.36. The predicted octanol–water partition coefficient (Wildman–Crippen LogP) is 1.85. The van der Waals surface area contributed by atoms with Crippen LogP contribution in [0, 0.1) is 12.7 Å². The highest BCUT2D eigenvalue weighted by Crippen LogP contribution is 2.12. The number of halogens is 1. The third-order valence-corrected chi connectivity index (χ3v) is 4.48. The van der Waals surface area contributed by atoms with E-state index in [1.807, 2.05) is 4.72 Å². The summed E-state index contributed by atoms with van der Waals surface area (Å²) in [5.41, 5.74) is 0.396. The first-order valence-corrected chi connectivity index (χ1v) is 8.04. The summed E-state index contributed by atoms with van der Waals surface area (Å²) in [5.74, 6) is -1.55. The Morgan fingerprint density at radius 2 is 2.00 bits per heavy atom. The average Bonchev–Trinajstić information content (AvgIpc) is 2.78. The number of thiazole rings is 1. The van der Waals surface area contributed by atoms with Gasteiger partial charge in [-0.25, -0.2) is 22.5 Å². The number of rotatable bonds is 4. The number of hydrogen-bond acceptors (Lipinski definition) is 5. The van der Waals surface area contributed by atoms with Gasteiger partial charge in [-0.1, -0.05) is 12.1 Å². The fraction of sp³-hybridized carbons (Fsp3) is 0.167. The Kier molecular flexibility index (Phi) is 4.15. The number of nitrogens with one attached hydrogen (secondary N) is 1. The van der Waals surface area contributed by atoms with Gasteiger partial charge in [0.25, 0.3) is 5.91 Å². The van der Waals surface area contributed by atoms with Gasteiger partial charge in [0, 0.05) is 0 Å². The van der Waals surface area contributed by atoms with Crippen molar-refractivity contribution < 1.29 is 17.6 Å². The molecule has 2 aromatic rings. The lowest BCUT2D eigenvalue weighted by Crippen LogP contribution is -2.31. The van der Waals surface area contributed by atoms with Crippen molar-refractivity contribution in [2.24, 2.45) is 0 Å². The Balaban J connectivity index is 2.07. The van der Waals surface area contributed by atoms with Crippen LogP contribution in [0.4, 0.5) is 4.39 Å². The van der Waals surface area contributed by atoms with E-state index in [0.717, 1.165) is 11.3 Å². The number of carbonyl (C=O) groups is 1. The summed E-state index contributed by atoms with van der Waals surface area (Å²) in [5, 5.41) is 0.672. The molecule has 0 unspecified atom stereocenters. The molecule has 0 aliphatic heterocycles. The van der Waals surface area contributed by atoms with Gasteiger partial charge in [0.05, 0.1) is 17.0 Å². The standard InChI is InChI=1S/C12H11FN2O3S2/c1-8-14-6-11(19-8)12(16)15-20(17,18)7-9-2-4-10(13)5-3-9/h2-6H,7H2,1H3,(H,15,16). The fourth-order valence-electron chi connectivity index (χ4n) is 1.49. The van der Waals surface area contributed by atoms with E-state index in [2.05, 4.69) is 4.98 Å².